The van der Waals surface area contributed by atoms with Crippen LogP contribution in [0.5, 0.6) is 5.88 Å². The molecule has 0 aromatic carbocycles. The van der Waals surface area contributed by atoms with E-state index >= 15 is 0 Å². The van der Waals surface area contributed by atoms with Crippen molar-refractivity contribution in [1.29, 1.82) is 0 Å². The lowest BCUT2D eigenvalue weighted by atomic mass is 9.90. The molecule has 2 fully saturated rings. The van der Waals surface area contributed by atoms with Gasteiger partial charge in [0.2, 0.25) is 5.88 Å². The molecule has 0 saturated carbocycles. The highest BCUT2D eigenvalue weighted by atomic mass is 16.5. The molecule has 2 bridgehead atoms. The number of nitrogens with zero attached hydrogens (tertiary/aromatic N) is 4. The van der Waals surface area contributed by atoms with E-state index in [1.807, 2.05) is 55.1 Å². The summed E-state index contributed by atoms with van der Waals surface area (Å²) in [6.07, 6.45) is 4.70. The summed E-state index contributed by atoms with van der Waals surface area (Å²) in [5.41, 5.74) is 2.71. The molecule has 0 aliphatic carbocycles. The number of carbonyl (C=O) groups excluding carboxylic acids is 1. The summed E-state index contributed by atoms with van der Waals surface area (Å²) in [5, 5.41) is 3.97. The van der Waals surface area contributed by atoms with E-state index in [-0.39, 0.29) is 18.0 Å². The molecule has 7 nitrogen and oxygen atoms in total. The predicted molar refractivity (Wildman–Crippen MR) is 110 cm³/mol. The van der Waals surface area contributed by atoms with Gasteiger partial charge < -0.3 is 14.2 Å². The Morgan fingerprint density at radius 2 is 2.10 bits per heavy atom. The quantitative estimate of drug-likeness (QED) is 0.643. The second-order valence-corrected chi connectivity index (χ2v) is 8.17. The van der Waals surface area contributed by atoms with Gasteiger partial charge in [-0.05, 0) is 51.3 Å². The van der Waals surface area contributed by atoms with Crippen LogP contribution in [0.2, 0.25) is 0 Å². The van der Waals surface area contributed by atoms with E-state index in [0.29, 0.717) is 35.4 Å². The average Bonchev–Trinajstić information content (AvgIpc) is 3.47. The van der Waals surface area contributed by atoms with Gasteiger partial charge in [0, 0.05) is 42.0 Å². The Morgan fingerprint density at radius 1 is 1.20 bits per heavy atom. The van der Waals surface area contributed by atoms with Crippen LogP contribution in [-0.4, -0.2) is 44.6 Å². The minimum atomic E-state index is -0.0319. The Labute approximate surface area is 175 Å². The minimum Gasteiger partial charge on any atom is -0.477 e. The van der Waals surface area contributed by atoms with Crippen molar-refractivity contribution in [3.63, 3.8) is 0 Å². The van der Waals surface area contributed by atoms with Crippen LogP contribution in [0.25, 0.3) is 11.3 Å². The van der Waals surface area contributed by atoms with Crippen molar-refractivity contribution in [3.8, 4) is 17.2 Å². The summed E-state index contributed by atoms with van der Waals surface area (Å²) in [6, 6.07) is 11.7. The number of rotatable bonds is 5. The van der Waals surface area contributed by atoms with E-state index in [9.17, 15) is 4.79 Å². The molecule has 2 aliphatic heterocycles. The fourth-order valence-electron chi connectivity index (χ4n) is 4.76. The van der Waals surface area contributed by atoms with E-state index in [4.69, 9.17) is 9.26 Å². The zero-order valence-electron chi connectivity index (χ0n) is 17.1. The largest absolute Gasteiger partial charge is 0.477 e. The summed E-state index contributed by atoms with van der Waals surface area (Å²) in [7, 11) is 0. The van der Waals surface area contributed by atoms with Gasteiger partial charge in [-0.1, -0.05) is 11.2 Å². The first-order chi connectivity index (χ1) is 14.6. The SMILES string of the molecule is Cc1cc(-c2ccc(C)nc2C(=O)N2C3CCC2C(COc2ccccn2)C3)on1. The highest BCUT2D eigenvalue weighted by molar-refractivity contribution is 5.99. The van der Waals surface area contributed by atoms with Crippen LogP contribution in [-0.2, 0) is 0 Å². The molecule has 0 spiro atoms. The molecule has 2 aliphatic rings. The van der Waals surface area contributed by atoms with Gasteiger partial charge in [-0.2, -0.15) is 0 Å². The summed E-state index contributed by atoms with van der Waals surface area (Å²) >= 11 is 0. The van der Waals surface area contributed by atoms with E-state index in [2.05, 4.69) is 15.1 Å². The average molecular weight is 404 g/mol. The van der Waals surface area contributed by atoms with Crippen LogP contribution in [0, 0.1) is 19.8 Å². The highest BCUT2D eigenvalue weighted by Crippen LogP contribution is 2.43. The Kier molecular flexibility index (Phi) is 4.73. The lowest BCUT2D eigenvalue weighted by Crippen LogP contribution is -2.38. The molecular weight excluding hydrogens is 380 g/mol. The number of hydrogen-bond donors (Lipinski definition) is 0. The Balaban J connectivity index is 1.39. The molecule has 1 amide bonds. The van der Waals surface area contributed by atoms with Crippen LogP contribution in [0.4, 0.5) is 0 Å². The molecule has 2 saturated heterocycles. The molecule has 3 unspecified atom stereocenters. The van der Waals surface area contributed by atoms with Crippen LogP contribution in [0.15, 0.2) is 47.1 Å². The van der Waals surface area contributed by atoms with Crippen LogP contribution in [0.1, 0.15) is 41.1 Å². The number of carbonyl (C=O) groups is 1. The third-order valence-electron chi connectivity index (χ3n) is 6.11. The third-order valence-corrected chi connectivity index (χ3v) is 6.11. The van der Waals surface area contributed by atoms with Crippen LogP contribution in [0.3, 0.4) is 0 Å². The van der Waals surface area contributed by atoms with E-state index in [1.165, 1.54) is 0 Å². The molecule has 30 heavy (non-hydrogen) atoms. The zero-order chi connectivity index (χ0) is 20.7. The van der Waals surface area contributed by atoms with E-state index in [1.54, 1.807) is 6.20 Å². The molecule has 154 valence electrons. The fraction of sp³-hybridized carbons (Fsp3) is 0.391. The molecule has 3 atom stereocenters. The Hall–Kier alpha value is -3.22. The van der Waals surface area contributed by atoms with Gasteiger partial charge in [0.05, 0.1) is 17.9 Å². The van der Waals surface area contributed by atoms with Gasteiger partial charge in [-0.15, -0.1) is 0 Å². The lowest BCUT2D eigenvalue weighted by Gasteiger charge is -2.25. The minimum absolute atomic E-state index is 0.0319. The zero-order valence-corrected chi connectivity index (χ0v) is 17.1. The molecule has 3 aromatic heterocycles. The maximum Gasteiger partial charge on any atom is 0.273 e. The fourth-order valence-corrected chi connectivity index (χ4v) is 4.76. The molecule has 7 heteroatoms. The molecule has 5 heterocycles. The molecule has 0 radical (unpaired) electrons. The maximum absolute atomic E-state index is 13.6. The van der Waals surface area contributed by atoms with Gasteiger partial charge in [-0.3, -0.25) is 4.79 Å². The predicted octanol–water partition coefficient (Wildman–Crippen LogP) is 3.82. The second-order valence-electron chi connectivity index (χ2n) is 8.17. The Morgan fingerprint density at radius 3 is 2.87 bits per heavy atom. The highest BCUT2D eigenvalue weighted by Gasteiger charge is 2.49. The maximum atomic E-state index is 13.6. The van der Waals surface area contributed by atoms with Gasteiger partial charge in [0.15, 0.2) is 5.76 Å². The summed E-state index contributed by atoms with van der Waals surface area (Å²) in [6.45, 7) is 4.33. The van der Waals surface area contributed by atoms with Crippen LogP contribution < -0.4 is 4.74 Å². The third kappa shape index (κ3) is 3.34. The summed E-state index contributed by atoms with van der Waals surface area (Å²) in [4.78, 5) is 24.5. The number of pyridine rings is 2. The number of aromatic nitrogens is 3. The van der Waals surface area contributed by atoms with Crippen molar-refractivity contribution in [2.24, 2.45) is 5.92 Å². The number of hydrogen-bond acceptors (Lipinski definition) is 6. The van der Waals surface area contributed by atoms with Gasteiger partial charge in [-0.25, -0.2) is 9.97 Å². The van der Waals surface area contributed by atoms with Crippen molar-refractivity contribution in [2.75, 3.05) is 6.61 Å². The van der Waals surface area contributed by atoms with Crippen molar-refractivity contribution in [3.05, 3.63) is 59.7 Å². The standard InChI is InChI=1S/C23H24N4O3/c1-14-6-8-18(20-11-15(2)26-30-20)22(25-14)23(28)27-17-7-9-19(27)16(12-17)13-29-21-5-3-4-10-24-21/h3-6,8,10-11,16-17,19H,7,9,12-13H2,1-2H3. The van der Waals surface area contributed by atoms with Crippen molar-refractivity contribution >= 4 is 5.91 Å². The lowest BCUT2D eigenvalue weighted by molar-refractivity contribution is 0.0704. The molecule has 0 N–H and O–H groups in total. The monoisotopic (exact) mass is 404 g/mol. The van der Waals surface area contributed by atoms with E-state index < -0.39 is 0 Å². The first-order valence-electron chi connectivity index (χ1n) is 10.4. The van der Waals surface area contributed by atoms with E-state index in [0.717, 1.165) is 30.7 Å². The molecular formula is C23H24N4O3. The Bertz CT molecular complexity index is 1070. The van der Waals surface area contributed by atoms with Gasteiger partial charge >= 0.3 is 0 Å². The first-order valence-corrected chi connectivity index (χ1v) is 10.4. The van der Waals surface area contributed by atoms with Crippen molar-refractivity contribution in [1.82, 2.24) is 20.0 Å². The molecule has 3 aromatic rings. The first kappa shape index (κ1) is 18.8. The number of amides is 1. The smallest absolute Gasteiger partial charge is 0.273 e. The number of ether oxygens (including phenoxy) is 1. The van der Waals surface area contributed by atoms with Crippen molar-refractivity contribution in [2.45, 2.75) is 45.2 Å². The molecule has 5 rings (SSSR count). The van der Waals surface area contributed by atoms with Gasteiger partial charge in [0.25, 0.3) is 5.91 Å². The normalized spacial score (nSPS) is 22.5. The topological polar surface area (TPSA) is 81.4 Å². The summed E-state index contributed by atoms with van der Waals surface area (Å²) < 4.78 is 11.3. The van der Waals surface area contributed by atoms with Gasteiger partial charge in [0.1, 0.15) is 5.69 Å². The van der Waals surface area contributed by atoms with Crippen molar-refractivity contribution < 1.29 is 14.1 Å². The number of aryl methyl sites for hydroxylation is 2. The second kappa shape index (κ2) is 7.55. The number of fused-ring (bicyclic) bond motifs is 2. The summed E-state index contributed by atoms with van der Waals surface area (Å²) in [5.74, 6) is 1.47. The van der Waals surface area contributed by atoms with Crippen LogP contribution >= 0.6 is 0 Å².